The highest BCUT2D eigenvalue weighted by molar-refractivity contribution is 5.90. The molecule has 0 N–H and O–H groups in total. The molecular weight excluding hydrogens is 262 g/mol. The third-order valence-electron chi connectivity index (χ3n) is 4.15. The van der Waals surface area contributed by atoms with E-state index in [0.717, 1.165) is 19.4 Å². The zero-order chi connectivity index (χ0) is 14.3. The Labute approximate surface area is 115 Å². The lowest BCUT2D eigenvalue weighted by Crippen LogP contribution is -2.33. The Bertz CT molecular complexity index is 575. The van der Waals surface area contributed by atoms with E-state index in [1.165, 1.54) is 25.8 Å². The van der Waals surface area contributed by atoms with Gasteiger partial charge in [-0.2, -0.15) is 0 Å². The number of ether oxygens (including phenoxy) is 1. The summed E-state index contributed by atoms with van der Waals surface area (Å²) in [5.74, 6) is 0.367. The number of nitro groups is 1. The lowest BCUT2D eigenvalue weighted by molar-refractivity contribution is -0.384. The zero-order valence-electron chi connectivity index (χ0n) is 11.1. The van der Waals surface area contributed by atoms with Crippen LogP contribution in [0.15, 0.2) is 12.3 Å². The average Bonchev–Trinajstić information content (AvgIpc) is 3.08. The summed E-state index contributed by atoms with van der Waals surface area (Å²) in [5.41, 5.74) is -0.0206. The van der Waals surface area contributed by atoms with Crippen LogP contribution in [0.1, 0.15) is 29.6 Å². The fourth-order valence-electron chi connectivity index (χ4n) is 3.22. The third-order valence-corrected chi connectivity index (χ3v) is 4.15. The molecule has 1 aliphatic carbocycles. The largest absolute Gasteiger partial charge is 0.465 e. The fraction of sp³-hybridized carbons (Fsp3) is 0.538. The van der Waals surface area contributed by atoms with Gasteiger partial charge in [0, 0.05) is 24.8 Å². The molecule has 1 aliphatic heterocycles. The predicted octanol–water partition coefficient (Wildman–Crippen LogP) is 1.77. The first-order chi connectivity index (χ1) is 9.60. The minimum absolute atomic E-state index is 0.104. The highest BCUT2D eigenvalue weighted by Gasteiger charge is 2.41. The van der Waals surface area contributed by atoms with Gasteiger partial charge in [-0.3, -0.25) is 10.1 Å². The van der Waals surface area contributed by atoms with Crippen molar-refractivity contribution in [2.75, 3.05) is 18.6 Å². The van der Waals surface area contributed by atoms with Gasteiger partial charge in [0.2, 0.25) is 5.82 Å². The van der Waals surface area contributed by atoms with E-state index in [1.54, 1.807) is 0 Å². The van der Waals surface area contributed by atoms with Gasteiger partial charge >= 0.3 is 11.7 Å². The van der Waals surface area contributed by atoms with E-state index in [9.17, 15) is 14.9 Å². The molecule has 2 aliphatic rings. The molecule has 7 heteroatoms. The quantitative estimate of drug-likeness (QED) is 0.475. The second kappa shape index (κ2) is 4.73. The van der Waals surface area contributed by atoms with E-state index in [1.807, 2.05) is 4.90 Å². The van der Waals surface area contributed by atoms with E-state index in [0.29, 0.717) is 17.8 Å². The van der Waals surface area contributed by atoms with E-state index >= 15 is 0 Å². The van der Waals surface area contributed by atoms with Crippen LogP contribution < -0.4 is 4.90 Å². The maximum Gasteiger partial charge on any atom is 0.339 e. The van der Waals surface area contributed by atoms with Crippen molar-refractivity contribution in [3.63, 3.8) is 0 Å². The van der Waals surface area contributed by atoms with Crippen molar-refractivity contribution < 1.29 is 14.5 Å². The molecule has 2 atom stereocenters. The van der Waals surface area contributed by atoms with Gasteiger partial charge in [0.1, 0.15) is 0 Å². The Kier molecular flexibility index (Phi) is 3.04. The van der Waals surface area contributed by atoms with Gasteiger partial charge in [-0.1, -0.05) is 0 Å². The summed E-state index contributed by atoms with van der Waals surface area (Å²) in [6, 6.07) is 1.59. The molecule has 2 bridgehead atoms. The molecule has 0 radical (unpaired) electrons. The number of carbonyl (C=O) groups is 1. The number of aromatic nitrogens is 1. The van der Waals surface area contributed by atoms with E-state index in [2.05, 4.69) is 9.72 Å². The van der Waals surface area contributed by atoms with Crippen LogP contribution in [0.5, 0.6) is 0 Å². The lowest BCUT2D eigenvalue weighted by atomic mass is 10.1. The average molecular weight is 277 g/mol. The highest BCUT2D eigenvalue weighted by atomic mass is 16.6. The molecular formula is C13H15N3O4. The minimum atomic E-state index is -0.616. The molecule has 1 aromatic rings. The monoisotopic (exact) mass is 277 g/mol. The number of piperidine rings is 1. The number of esters is 1. The molecule has 2 heterocycles. The van der Waals surface area contributed by atoms with Gasteiger partial charge in [-0.05, 0) is 25.2 Å². The summed E-state index contributed by atoms with van der Waals surface area (Å²) >= 11 is 0. The maximum absolute atomic E-state index is 11.4. The van der Waals surface area contributed by atoms with Gasteiger partial charge in [0.15, 0.2) is 0 Å². The number of fused-ring (bicyclic) bond motifs is 2. The Morgan fingerprint density at radius 1 is 1.55 bits per heavy atom. The van der Waals surface area contributed by atoms with Crippen LogP contribution >= 0.6 is 0 Å². The molecule has 0 amide bonds. The molecule has 0 aromatic carbocycles. The predicted molar refractivity (Wildman–Crippen MR) is 70.7 cm³/mol. The number of hydrogen-bond acceptors (Lipinski definition) is 6. The molecule has 2 fully saturated rings. The summed E-state index contributed by atoms with van der Waals surface area (Å²) in [6.45, 7) is 0.816. The van der Waals surface area contributed by atoms with Gasteiger partial charge in [-0.25, -0.2) is 9.78 Å². The van der Waals surface area contributed by atoms with Crippen LogP contribution in [-0.2, 0) is 4.74 Å². The van der Waals surface area contributed by atoms with Gasteiger partial charge in [0.25, 0.3) is 0 Å². The topological polar surface area (TPSA) is 85.6 Å². The summed E-state index contributed by atoms with van der Waals surface area (Å²) < 4.78 is 4.57. The summed E-state index contributed by atoms with van der Waals surface area (Å²) in [6.07, 6.45) is 4.68. The van der Waals surface area contributed by atoms with Crippen molar-refractivity contribution in [1.29, 1.82) is 0 Å². The Hall–Kier alpha value is -2.18. The second-order valence-electron chi connectivity index (χ2n) is 5.30. The number of nitrogens with zero attached hydrogens (tertiary/aromatic N) is 3. The number of methoxy groups -OCH3 is 1. The SMILES string of the molecule is COC(=O)c1cnc(N2CC3CCC2C3)c([N+](=O)[O-])c1. The number of anilines is 1. The number of pyridine rings is 1. The molecule has 0 spiro atoms. The third kappa shape index (κ3) is 1.99. The highest BCUT2D eigenvalue weighted by Crippen LogP contribution is 2.42. The van der Waals surface area contributed by atoms with Crippen molar-refractivity contribution in [2.24, 2.45) is 5.92 Å². The number of rotatable bonds is 3. The van der Waals surface area contributed by atoms with Crippen molar-refractivity contribution in [3.05, 3.63) is 27.9 Å². The first kappa shape index (κ1) is 12.8. The Morgan fingerprint density at radius 3 is 2.90 bits per heavy atom. The molecule has 1 saturated heterocycles. The first-order valence-electron chi connectivity index (χ1n) is 6.59. The van der Waals surface area contributed by atoms with Crippen LogP contribution in [0.2, 0.25) is 0 Å². The lowest BCUT2D eigenvalue weighted by Gasteiger charge is -2.27. The molecule has 106 valence electrons. The Morgan fingerprint density at radius 2 is 2.35 bits per heavy atom. The van der Waals surface area contributed by atoms with Crippen molar-refractivity contribution in [2.45, 2.75) is 25.3 Å². The van der Waals surface area contributed by atoms with Crippen LogP contribution in [0.4, 0.5) is 11.5 Å². The zero-order valence-corrected chi connectivity index (χ0v) is 11.1. The van der Waals surface area contributed by atoms with Crippen molar-refractivity contribution in [3.8, 4) is 0 Å². The Balaban J connectivity index is 1.98. The van der Waals surface area contributed by atoms with Crippen molar-refractivity contribution in [1.82, 2.24) is 4.98 Å². The van der Waals surface area contributed by atoms with E-state index < -0.39 is 10.9 Å². The van der Waals surface area contributed by atoms with Gasteiger partial charge in [-0.15, -0.1) is 0 Å². The fourth-order valence-corrected chi connectivity index (χ4v) is 3.22. The number of carbonyl (C=O) groups excluding carboxylic acids is 1. The van der Waals surface area contributed by atoms with Gasteiger partial charge < -0.3 is 9.64 Å². The van der Waals surface area contributed by atoms with Gasteiger partial charge in [0.05, 0.1) is 17.6 Å². The molecule has 3 rings (SSSR count). The summed E-state index contributed by atoms with van der Waals surface area (Å²) in [4.78, 5) is 28.4. The van der Waals surface area contributed by atoms with Crippen molar-refractivity contribution >= 4 is 17.5 Å². The molecule has 1 saturated carbocycles. The van der Waals surface area contributed by atoms with E-state index in [4.69, 9.17) is 0 Å². The summed E-state index contributed by atoms with van der Waals surface area (Å²) in [7, 11) is 1.24. The first-order valence-corrected chi connectivity index (χ1v) is 6.59. The second-order valence-corrected chi connectivity index (χ2v) is 5.30. The molecule has 1 aromatic heterocycles. The molecule has 7 nitrogen and oxygen atoms in total. The van der Waals surface area contributed by atoms with E-state index in [-0.39, 0.29) is 11.3 Å². The normalized spacial score (nSPS) is 23.9. The van der Waals surface area contributed by atoms with Crippen LogP contribution in [0.25, 0.3) is 0 Å². The maximum atomic E-state index is 11.4. The molecule has 2 unspecified atom stereocenters. The summed E-state index contributed by atoms with van der Waals surface area (Å²) in [5, 5.41) is 11.2. The molecule has 20 heavy (non-hydrogen) atoms. The van der Waals surface area contributed by atoms with Crippen LogP contribution in [0.3, 0.4) is 0 Å². The number of hydrogen-bond donors (Lipinski definition) is 0. The standard InChI is InChI=1S/C13H15N3O4/c1-20-13(17)9-5-11(16(18)19)12(14-6-9)15-7-8-2-3-10(15)4-8/h5-6,8,10H,2-4,7H2,1H3. The van der Waals surface area contributed by atoms with Crippen LogP contribution in [0, 0.1) is 16.0 Å². The minimum Gasteiger partial charge on any atom is -0.465 e. The van der Waals surface area contributed by atoms with Crippen LogP contribution in [-0.4, -0.2) is 35.6 Å². The smallest absolute Gasteiger partial charge is 0.339 e.